The molecule has 2 heterocycles. The quantitative estimate of drug-likeness (QED) is 0.924. The van der Waals surface area contributed by atoms with Gasteiger partial charge in [0.15, 0.2) is 0 Å². The molecule has 1 saturated heterocycles. The van der Waals surface area contributed by atoms with Gasteiger partial charge in [-0.1, -0.05) is 12.1 Å². The fraction of sp³-hybridized carbons (Fsp3) is 0.600. The van der Waals surface area contributed by atoms with Gasteiger partial charge >= 0.3 is 6.18 Å². The summed E-state index contributed by atoms with van der Waals surface area (Å²) in [7, 11) is 0. The topological polar surface area (TPSA) is 18.5 Å². The van der Waals surface area contributed by atoms with Crippen molar-refractivity contribution < 1.29 is 13.2 Å². The van der Waals surface area contributed by atoms with Crippen LogP contribution in [0.2, 0.25) is 0 Å². The Labute approximate surface area is 122 Å². The van der Waals surface area contributed by atoms with E-state index in [1.165, 1.54) is 21.7 Å². The van der Waals surface area contributed by atoms with Gasteiger partial charge in [0.2, 0.25) is 0 Å². The van der Waals surface area contributed by atoms with E-state index in [9.17, 15) is 13.2 Å². The molecule has 0 bridgehead atoms. The summed E-state index contributed by atoms with van der Waals surface area (Å²) in [6.07, 6.45) is -3.01. The lowest BCUT2D eigenvalue weighted by atomic mass is 10.1. The van der Waals surface area contributed by atoms with E-state index >= 15 is 0 Å². The maximum Gasteiger partial charge on any atom is 0.401 e. The zero-order valence-electron chi connectivity index (χ0n) is 11.9. The first kappa shape index (κ1) is 14.7. The first-order chi connectivity index (χ1) is 9.99. The van der Waals surface area contributed by atoms with Gasteiger partial charge in [-0.2, -0.15) is 13.2 Å². The zero-order valence-corrected chi connectivity index (χ0v) is 11.9. The highest BCUT2D eigenvalue weighted by atomic mass is 19.4. The van der Waals surface area contributed by atoms with Gasteiger partial charge in [0.1, 0.15) is 0 Å². The van der Waals surface area contributed by atoms with Crippen molar-refractivity contribution in [2.24, 2.45) is 0 Å². The monoisotopic (exact) mass is 299 g/mol. The minimum Gasteiger partial charge on any atom is -0.384 e. The summed E-state index contributed by atoms with van der Waals surface area (Å²) in [5, 5.41) is 3.36. The summed E-state index contributed by atoms with van der Waals surface area (Å²) in [5.41, 5.74) is 3.80. The lowest BCUT2D eigenvalue weighted by molar-refractivity contribution is -0.149. The van der Waals surface area contributed by atoms with Crippen LogP contribution in [0, 0.1) is 0 Å². The Morgan fingerprint density at radius 2 is 1.76 bits per heavy atom. The molecule has 1 aromatic rings. The van der Waals surface area contributed by atoms with E-state index in [2.05, 4.69) is 28.4 Å². The maximum absolute atomic E-state index is 12.3. The lowest BCUT2D eigenvalue weighted by Gasteiger charge is -2.35. The van der Waals surface area contributed by atoms with E-state index in [4.69, 9.17) is 0 Å². The highest BCUT2D eigenvalue weighted by molar-refractivity contribution is 5.57. The van der Waals surface area contributed by atoms with Crippen molar-refractivity contribution in [1.29, 1.82) is 0 Å². The minimum atomic E-state index is -4.09. The van der Waals surface area contributed by atoms with Crippen LogP contribution in [0.4, 0.5) is 18.9 Å². The number of benzene rings is 1. The van der Waals surface area contributed by atoms with Crippen LogP contribution in [0.5, 0.6) is 0 Å². The molecular weight excluding hydrogens is 279 g/mol. The van der Waals surface area contributed by atoms with Crippen molar-refractivity contribution >= 4 is 5.69 Å². The normalized spacial score (nSPS) is 20.3. The Kier molecular flexibility index (Phi) is 4.08. The summed E-state index contributed by atoms with van der Waals surface area (Å²) in [6, 6.07) is 6.46. The third kappa shape index (κ3) is 3.89. The summed E-state index contributed by atoms with van der Waals surface area (Å²) in [5.74, 6) is 0. The number of piperazine rings is 1. The molecule has 3 rings (SSSR count). The fourth-order valence-corrected chi connectivity index (χ4v) is 3.05. The number of rotatable bonds is 3. The molecule has 0 amide bonds. The smallest absolute Gasteiger partial charge is 0.384 e. The van der Waals surface area contributed by atoms with E-state index in [-0.39, 0.29) is 0 Å². The summed E-state index contributed by atoms with van der Waals surface area (Å²) in [6.45, 7) is 3.39. The Bertz CT molecular complexity index is 493. The van der Waals surface area contributed by atoms with Crippen LogP contribution in [-0.2, 0) is 13.0 Å². The molecule has 0 radical (unpaired) electrons. The molecule has 0 unspecified atom stereocenters. The molecule has 6 heteroatoms. The van der Waals surface area contributed by atoms with Crippen molar-refractivity contribution in [3.8, 4) is 0 Å². The Balaban J connectivity index is 1.51. The number of hydrogen-bond donors (Lipinski definition) is 1. The lowest BCUT2D eigenvalue weighted by Crippen LogP contribution is -2.48. The average Bonchev–Trinajstić information content (AvgIpc) is 2.87. The second-order valence-electron chi connectivity index (χ2n) is 5.84. The van der Waals surface area contributed by atoms with Crippen molar-refractivity contribution in [1.82, 2.24) is 9.80 Å². The standard InChI is InChI=1S/C15H20F3N3/c16-15(17,18)11-21-7-5-20(6-8-21)10-12-1-2-13-3-4-19-14(13)9-12/h1-2,9,19H,3-8,10-11H2. The highest BCUT2D eigenvalue weighted by Gasteiger charge is 2.32. The zero-order chi connectivity index (χ0) is 14.9. The average molecular weight is 299 g/mol. The highest BCUT2D eigenvalue weighted by Crippen LogP contribution is 2.24. The predicted octanol–water partition coefficient (Wildman–Crippen LogP) is 2.33. The Hall–Kier alpha value is -1.27. The van der Waals surface area contributed by atoms with E-state index in [1.807, 2.05) is 0 Å². The number of halogens is 3. The first-order valence-corrected chi connectivity index (χ1v) is 7.37. The summed E-state index contributed by atoms with van der Waals surface area (Å²) < 4.78 is 37.0. The molecule has 0 aliphatic carbocycles. The van der Waals surface area contributed by atoms with Crippen LogP contribution >= 0.6 is 0 Å². The van der Waals surface area contributed by atoms with Gasteiger partial charge in [0, 0.05) is 45.0 Å². The number of anilines is 1. The number of nitrogens with zero attached hydrogens (tertiary/aromatic N) is 2. The SMILES string of the molecule is FC(F)(F)CN1CCN(Cc2ccc3c(c2)NCC3)CC1. The van der Waals surface area contributed by atoms with Crippen molar-refractivity contribution in [2.45, 2.75) is 19.1 Å². The third-order valence-corrected chi connectivity index (χ3v) is 4.16. The van der Waals surface area contributed by atoms with Crippen molar-refractivity contribution in [2.75, 3.05) is 44.6 Å². The van der Waals surface area contributed by atoms with Crippen LogP contribution in [0.1, 0.15) is 11.1 Å². The van der Waals surface area contributed by atoms with Gasteiger partial charge in [-0.05, 0) is 23.6 Å². The molecule has 21 heavy (non-hydrogen) atoms. The van der Waals surface area contributed by atoms with Gasteiger partial charge in [-0.3, -0.25) is 9.80 Å². The molecule has 1 fully saturated rings. The van der Waals surface area contributed by atoms with Gasteiger partial charge in [0.05, 0.1) is 6.54 Å². The van der Waals surface area contributed by atoms with E-state index in [1.54, 1.807) is 0 Å². The second kappa shape index (κ2) is 5.85. The fourth-order valence-electron chi connectivity index (χ4n) is 3.05. The second-order valence-corrected chi connectivity index (χ2v) is 5.84. The van der Waals surface area contributed by atoms with E-state index in [0.29, 0.717) is 26.2 Å². The number of fused-ring (bicyclic) bond motifs is 1. The molecule has 0 saturated carbocycles. The Morgan fingerprint density at radius 1 is 1.05 bits per heavy atom. The predicted molar refractivity (Wildman–Crippen MR) is 76.4 cm³/mol. The molecule has 3 nitrogen and oxygen atoms in total. The van der Waals surface area contributed by atoms with Crippen LogP contribution in [0.3, 0.4) is 0 Å². The van der Waals surface area contributed by atoms with Gasteiger partial charge in [0.25, 0.3) is 0 Å². The number of nitrogens with one attached hydrogen (secondary N) is 1. The van der Waals surface area contributed by atoms with Crippen LogP contribution in [-0.4, -0.2) is 55.2 Å². The third-order valence-electron chi connectivity index (χ3n) is 4.16. The minimum absolute atomic E-state index is 0.489. The van der Waals surface area contributed by atoms with E-state index < -0.39 is 12.7 Å². The molecule has 0 aromatic heterocycles. The maximum atomic E-state index is 12.3. The summed E-state index contributed by atoms with van der Waals surface area (Å²) in [4.78, 5) is 3.71. The molecular formula is C15H20F3N3. The number of alkyl halides is 3. The molecule has 0 spiro atoms. The first-order valence-electron chi connectivity index (χ1n) is 7.37. The van der Waals surface area contributed by atoms with Gasteiger partial charge in [-0.25, -0.2) is 0 Å². The molecule has 2 aliphatic heterocycles. The Morgan fingerprint density at radius 3 is 2.48 bits per heavy atom. The molecule has 2 aliphatic rings. The molecule has 0 atom stereocenters. The largest absolute Gasteiger partial charge is 0.401 e. The van der Waals surface area contributed by atoms with Crippen molar-refractivity contribution in [3.05, 3.63) is 29.3 Å². The van der Waals surface area contributed by atoms with E-state index in [0.717, 1.165) is 19.5 Å². The van der Waals surface area contributed by atoms with Crippen LogP contribution in [0.15, 0.2) is 18.2 Å². The number of hydrogen-bond acceptors (Lipinski definition) is 3. The van der Waals surface area contributed by atoms with Crippen molar-refractivity contribution in [3.63, 3.8) is 0 Å². The summed E-state index contributed by atoms with van der Waals surface area (Å²) >= 11 is 0. The molecule has 1 aromatic carbocycles. The van der Waals surface area contributed by atoms with Crippen LogP contribution < -0.4 is 5.32 Å². The molecule has 1 N–H and O–H groups in total. The van der Waals surface area contributed by atoms with Gasteiger partial charge in [-0.15, -0.1) is 0 Å². The molecule has 116 valence electrons. The van der Waals surface area contributed by atoms with Crippen LogP contribution in [0.25, 0.3) is 0 Å². The van der Waals surface area contributed by atoms with Gasteiger partial charge < -0.3 is 5.32 Å².